The van der Waals surface area contributed by atoms with Gasteiger partial charge in [0.1, 0.15) is 0 Å². The van der Waals surface area contributed by atoms with Crippen molar-refractivity contribution in [3.05, 3.63) is 33.8 Å². The highest BCUT2D eigenvalue weighted by molar-refractivity contribution is 9.10. The number of hydrogen-bond donors (Lipinski definition) is 0. The van der Waals surface area contributed by atoms with Gasteiger partial charge in [-0.1, -0.05) is 35.0 Å². The van der Waals surface area contributed by atoms with Crippen molar-refractivity contribution in [2.45, 2.75) is 19.2 Å². The van der Waals surface area contributed by atoms with Crippen molar-refractivity contribution >= 4 is 33.3 Å². The highest BCUT2D eigenvalue weighted by Crippen LogP contribution is 2.20. The van der Waals surface area contributed by atoms with Crippen LogP contribution < -0.4 is 0 Å². The molecule has 0 N–H and O–H groups in total. The summed E-state index contributed by atoms with van der Waals surface area (Å²) in [7, 11) is 0. The third kappa shape index (κ3) is 2.55. The molecule has 0 saturated heterocycles. The van der Waals surface area contributed by atoms with Crippen LogP contribution in [0.25, 0.3) is 0 Å². The molecule has 0 bridgehead atoms. The van der Waals surface area contributed by atoms with E-state index in [0.717, 1.165) is 15.6 Å². The van der Waals surface area contributed by atoms with Crippen molar-refractivity contribution in [1.82, 2.24) is 0 Å². The van der Waals surface area contributed by atoms with Crippen molar-refractivity contribution in [2.75, 3.05) is 0 Å². The van der Waals surface area contributed by atoms with Gasteiger partial charge in [-0.2, -0.15) is 0 Å². The first-order valence-electron chi connectivity index (χ1n) is 4.06. The Morgan fingerprint density at radius 2 is 2.23 bits per heavy atom. The first-order valence-corrected chi connectivity index (χ1v) is 5.39. The summed E-state index contributed by atoms with van der Waals surface area (Å²) in [6.07, 6.45) is 0.534. The minimum atomic E-state index is 0.154. The van der Waals surface area contributed by atoms with Crippen LogP contribution in [0.3, 0.4) is 0 Å². The molecule has 0 radical (unpaired) electrons. The van der Waals surface area contributed by atoms with E-state index >= 15 is 0 Å². The minimum absolute atomic E-state index is 0.154. The van der Waals surface area contributed by atoms with E-state index in [2.05, 4.69) is 15.9 Å². The van der Waals surface area contributed by atoms with Gasteiger partial charge in [0.2, 0.25) is 0 Å². The Kier molecular flexibility index (Phi) is 3.94. The molecule has 0 atom stereocenters. The van der Waals surface area contributed by atoms with Crippen LogP contribution in [0.1, 0.15) is 29.3 Å². The van der Waals surface area contributed by atoms with E-state index in [-0.39, 0.29) is 5.78 Å². The van der Waals surface area contributed by atoms with Crippen molar-refractivity contribution in [3.63, 3.8) is 0 Å². The second-order valence-electron chi connectivity index (χ2n) is 2.72. The molecule has 0 aliphatic heterocycles. The van der Waals surface area contributed by atoms with Crippen molar-refractivity contribution < 1.29 is 4.79 Å². The molecular weight excluding hydrogens is 251 g/mol. The summed E-state index contributed by atoms with van der Waals surface area (Å²) in [4.78, 5) is 11.3. The number of benzene rings is 1. The molecule has 0 fully saturated rings. The molecule has 0 heterocycles. The summed E-state index contributed by atoms with van der Waals surface area (Å²) < 4.78 is 0.904. The van der Waals surface area contributed by atoms with Crippen LogP contribution in [0.4, 0.5) is 0 Å². The zero-order valence-electron chi connectivity index (χ0n) is 7.31. The summed E-state index contributed by atoms with van der Waals surface area (Å²) in [5.74, 6) is 0.614. The van der Waals surface area contributed by atoms with Crippen LogP contribution in [-0.2, 0) is 5.88 Å². The number of hydrogen-bond acceptors (Lipinski definition) is 1. The fourth-order valence-electron chi connectivity index (χ4n) is 1.03. The highest BCUT2D eigenvalue weighted by atomic mass is 79.9. The molecule has 0 amide bonds. The maximum absolute atomic E-state index is 11.3. The van der Waals surface area contributed by atoms with E-state index < -0.39 is 0 Å². The minimum Gasteiger partial charge on any atom is -0.294 e. The summed E-state index contributed by atoms with van der Waals surface area (Å²) >= 11 is 9.05. The average molecular weight is 262 g/mol. The van der Waals surface area contributed by atoms with Crippen molar-refractivity contribution in [1.29, 1.82) is 0 Å². The predicted octanol–water partition coefficient (Wildman–Crippen LogP) is 3.78. The quantitative estimate of drug-likeness (QED) is 0.598. The molecule has 70 valence electrons. The number of halogens is 2. The van der Waals surface area contributed by atoms with Crippen LogP contribution in [0.5, 0.6) is 0 Å². The number of rotatable bonds is 3. The van der Waals surface area contributed by atoms with Gasteiger partial charge in [-0.25, -0.2) is 0 Å². The largest absolute Gasteiger partial charge is 0.294 e. The van der Waals surface area contributed by atoms with Gasteiger partial charge < -0.3 is 0 Å². The Balaban J connectivity index is 3.02. The molecule has 3 heteroatoms. The lowest BCUT2D eigenvalue weighted by Gasteiger charge is -2.02. The number of carbonyl (C=O) groups is 1. The summed E-state index contributed by atoms with van der Waals surface area (Å²) in [6.45, 7) is 1.85. The Hall–Kier alpha value is -0.340. The first-order chi connectivity index (χ1) is 6.19. The van der Waals surface area contributed by atoms with E-state index in [1.54, 1.807) is 0 Å². The molecule has 1 aromatic carbocycles. The van der Waals surface area contributed by atoms with E-state index in [0.29, 0.717) is 12.3 Å². The maximum atomic E-state index is 11.3. The fraction of sp³-hybridized carbons (Fsp3) is 0.300. The average Bonchev–Trinajstić information content (AvgIpc) is 2.16. The number of alkyl halides is 1. The van der Waals surface area contributed by atoms with Crippen LogP contribution >= 0.6 is 27.5 Å². The monoisotopic (exact) mass is 260 g/mol. The van der Waals surface area contributed by atoms with Crippen molar-refractivity contribution in [3.8, 4) is 0 Å². The molecule has 0 unspecified atom stereocenters. The van der Waals surface area contributed by atoms with E-state index in [1.165, 1.54) is 0 Å². The lowest BCUT2D eigenvalue weighted by molar-refractivity contribution is 0.0988. The highest BCUT2D eigenvalue weighted by Gasteiger charge is 2.05. The molecular formula is C10H10BrClO. The summed E-state index contributed by atoms with van der Waals surface area (Å²) in [5, 5.41) is 0. The Morgan fingerprint density at radius 3 is 2.69 bits per heavy atom. The second-order valence-corrected chi connectivity index (χ2v) is 3.84. The maximum Gasteiger partial charge on any atom is 0.162 e. The number of ketones is 1. The zero-order chi connectivity index (χ0) is 9.84. The molecule has 0 spiro atoms. The third-order valence-corrected chi connectivity index (χ3v) is 2.87. The molecule has 0 aromatic heterocycles. The number of Topliss-reactive ketones (excluding diaryl/α,β-unsaturated/α-hetero) is 1. The smallest absolute Gasteiger partial charge is 0.162 e. The second kappa shape index (κ2) is 4.77. The lowest BCUT2D eigenvalue weighted by atomic mass is 10.1. The van der Waals surface area contributed by atoms with Gasteiger partial charge in [-0.3, -0.25) is 4.79 Å². The molecule has 0 aliphatic carbocycles. The van der Waals surface area contributed by atoms with Crippen molar-refractivity contribution in [2.24, 2.45) is 0 Å². The molecule has 0 aliphatic rings. The van der Waals surface area contributed by atoms with E-state index in [9.17, 15) is 4.79 Å². The lowest BCUT2D eigenvalue weighted by Crippen LogP contribution is -1.96. The van der Waals surface area contributed by atoms with E-state index in [4.69, 9.17) is 11.6 Å². The van der Waals surface area contributed by atoms with Gasteiger partial charge in [-0.15, -0.1) is 11.6 Å². The van der Waals surface area contributed by atoms with Gasteiger partial charge in [0.25, 0.3) is 0 Å². The van der Waals surface area contributed by atoms with Gasteiger partial charge in [0, 0.05) is 22.3 Å². The number of carbonyl (C=O) groups excluding carboxylic acids is 1. The third-order valence-electron chi connectivity index (χ3n) is 1.84. The molecule has 13 heavy (non-hydrogen) atoms. The van der Waals surface area contributed by atoms with Gasteiger partial charge >= 0.3 is 0 Å². The molecule has 1 rings (SSSR count). The van der Waals surface area contributed by atoms with Crippen LogP contribution in [0.2, 0.25) is 0 Å². The van der Waals surface area contributed by atoms with Crippen LogP contribution in [0.15, 0.2) is 22.7 Å². The molecule has 0 saturated carbocycles. The molecule has 1 aromatic rings. The fourth-order valence-corrected chi connectivity index (χ4v) is 1.95. The topological polar surface area (TPSA) is 17.1 Å². The van der Waals surface area contributed by atoms with Gasteiger partial charge in [0.05, 0.1) is 0 Å². The Bertz CT molecular complexity index is 323. The Morgan fingerprint density at radius 1 is 1.54 bits per heavy atom. The zero-order valence-corrected chi connectivity index (χ0v) is 9.65. The Labute approximate surface area is 91.2 Å². The standard InChI is InChI=1S/C10H10BrClO/c1-2-10(13)7-3-4-8(6-12)9(11)5-7/h3-5H,2,6H2,1H3. The normalized spacial score (nSPS) is 10.1. The molecule has 1 nitrogen and oxygen atoms in total. The van der Waals surface area contributed by atoms with E-state index in [1.807, 2.05) is 25.1 Å². The SMILES string of the molecule is CCC(=O)c1ccc(CCl)c(Br)c1. The van der Waals surface area contributed by atoms with Gasteiger partial charge in [0.15, 0.2) is 5.78 Å². The summed E-state index contributed by atoms with van der Waals surface area (Å²) in [6, 6.07) is 5.51. The van der Waals surface area contributed by atoms with Gasteiger partial charge in [-0.05, 0) is 11.6 Å². The predicted molar refractivity (Wildman–Crippen MR) is 58.3 cm³/mol. The van der Waals surface area contributed by atoms with Crippen LogP contribution in [0, 0.1) is 0 Å². The first kappa shape index (κ1) is 10.7. The van der Waals surface area contributed by atoms with Crippen LogP contribution in [-0.4, -0.2) is 5.78 Å². The summed E-state index contributed by atoms with van der Waals surface area (Å²) in [5.41, 5.74) is 1.75.